The summed E-state index contributed by atoms with van der Waals surface area (Å²) in [4.78, 5) is 0. The molecule has 0 saturated carbocycles. The molecule has 1 N–H and O–H groups in total. The van der Waals surface area contributed by atoms with Gasteiger partial charge < -0.3 is 9.66 Å². The Bertz CT molecular complexity index is 459. The minimum absolute atomic E-state index is 0. The molecule has 0 aliphatic heterocycles. The van der Waals surface area contributed by atoms with Gasteiger partial charge in [0.2, 0.25) is 0 Å². The second-order valence-corrected chi connectivity index (χ2v) is 5.09. The molecule has 0 radical (unpaired) electrons. The van der Waals surface area contributed by atoms with E-state index in [4.69, 9.17) is 0 Å². The van der Waals surface area contributed by atoms with E-state index in [1.165, 1.54) is 0 Å². The van der Waals surface area contributed by atoms with Crippen LogP contribution in [0.4, 0.5) is 0 Å². The van der Waals surface area contributed by atoms with Crippen LogP contribution in [0.5, 0.6) is 0 Å². The third-order valence-corrected chi connectivity index (χ3v) is 3.04. The van der Waals surface area contributed by atoms with E-state index >= 15 is 0 Å². The van der Waals surface area contributed by atoms with Crippen LogP contribution in [0.1, 0.15) is 27.7 Å². The van der Waals surface area contributed by atoms with Gasteiger partial charge in [-0.25, -0.2) is 8.42 Å². The molecule has 0 heterocycles. The Balaban J connectivity index is 0.00000225. The second-order valence-electron chi connectivity index (χ2n) is 3.66. The van der Waals surface area contributed by atoms with Gasteiger partial charge in [0.05, 0.1) is 0 Å². The van der Waals surface area contributed by atoms with Crippen molar-refractivity contribution in [2.45, 2.75) is 26.2 Å². The molecule has 4 nitrogen and oxygen atoms in total. The first-order valence-electron chi connectivity index (χ1n) is 4.44. The quantitative estimate of drug-likeness (QED) is 0.495. The average Bonchev–Trinajstić information content (AvgIpc) is 1.99. The Labute approximate surface area is 118 Å². The van der Waals surface area contributed by atoms with Gasteiger partial charge in [-0.15, -0.1) is 0 Å². The molecule has 1 atom stereocenters. The Morgan fingerprint density at radius 1 is 1.19 bits per heavy atom. The SMILES string of the molecule is Cc1cc(C)c(C(O)S(=O)(=O)[O-])c(C)c1.[Na+]. The normalized spacial score (nSPS) is 13.1. The third-order valence-electron chi connectivity index (χ3n) is 2.26. The molecule has 1 unspecified atom stereocenters. The van der Waals surface area contributed by atoms with Gasteiger partial charge in [-0.2, -0.15) is 0 Å². The Morgan fingerprint density at radius 3 is 1.88 bits per heavy atom. The Morgan fingerprint density at radius 2 is 1.56 bits per heavy atom. The van der Waals surface area contributed by atoms with Crippen LogP contribution < -0.4 is 29.6 Å². The molecule has 0 saturated heterocycles. The van der Waals surface area contributed by atoms with E-state index in [1.807, 2.05) is 6.92 Å². The number of rotatable bonds is 2. The van der Waals surface area contributed by atoms with Crippen LogP contribution in [0.3, 0.4) is 0 Å². The maximum Gasteiger partial charge on any atom is 1.00 e. The fraction of sp³-hybridized carbons (Fsp3) is 0.400. The predicted molar refractivity (Wildman–Crippen MR) is 55.3 cm³/mol. The fourth-order valence-electron chi connectivity index (χ4n) is 1.73. The second kappa shape index (κ2) is 5.62. The number of benzene rings is 1. The van der Waals surface area contributed by atoms with E-state index in [1.54, 1.807) is 26.0 Å². The van der Waals surface area contributed by atoms with E-state index < -0.39 is 15.6 Å². The summed E-state index contributed by atoms with van der Waals surface area (Å²) in [5, 5.41) is 9.41. The molecule has 0 aliphatic rings. The van der Waals surface area contributed by atoms with Crippen LogP contribution in [0.2, 0.25) is 0 Å². The summed E-state index contributed by atoms with van der Waals surface area (Å²) in [6.45, 7) is 5.20. The minimum atomic E-state index is -4.71. The minimum Gasteiger partial charge on any atom is -0.746 e. The summed E-state index contributed by atoms with van der Waals surface area (Å²) in [5.41, 5.74) is 0.400. The average molecular weight is 252 g/mol. The van der Waals surface area contributed by atoms with Gasteiger partial charge in [0.15, 0.2) is 5.44 Å². The number of hydrogen-bond donors (Lipinski definition) is 1. The number of hydrogen-bond acceptors (Lipinski definition) is 4. The van der Waals surface area contributed by atoms with Crippen LogP contribution in [0, 0.1) is 20.8 Å². The van der Waals surface area contributed by atoms with Gasteiger partial charge in [0, 0.05) is 5.56 Å². The van der Waals surface area contributed by atoms with Crippen molar-refractivity contribution in [2.24, 2.45) is 0 Å². The molecule has 0 aromatic heterocycles. The van der Waals surface area contributed by atoms with Crippen molar-refractivity contribution in [3.8, 4) is 0 Å². The number of aliphatic hydroxyl groups excluding tert-OH is 1. The van der Waals surface area contributed by atoms with Crippen molar-refractivity contribution in [3.05, 3.63) is 34.4 Å². The molecule has 84 valence electrons. The molecule has 0 amide bonds. The van der Waals surface area contributed by atoms with Crippen molar-refractivity contribution in [1.29, 1.82) is 0 Å². The van der Waals surface area contributed by atoms with Crippen molar-refractivity contribution in [1.82, 2.24) is 0 Å². The summed E-state index contributed by atoms with van der Waals surface area (Å²) < 4.78 is 32.1. The first kappa shape index (κ1) is 16.1. The van der Waals surface area contributed by atoms with Gasteiger partial charge in [0.25, 0.3) is 0 Å². The smallest absolute Gasteiger partial charge is 0.746 e. The molecular formula is C10H13NaO4S. The molecule has 0 spiro atoms. The van der Waals surface area contributed by atoms with Gasteiger partial charge in [-0.1, -0.05) is 17.7 Å². The number of aryl methyl sites for hydroxylation is 3. The van der Waals surface area contributed by atoms with E-state index in [0.29, 0.717) is 11.1 Å². The topological polar surface area (TPSA) is 77.4 Å². The zero-order chi connectivity index (χ0) is 11.8. The third kappa shape index (κ3) is 3.55. The first-order chi connectivity index (χ1) is 6.73. The summed E-state index contributed by atoms with van der Waals surface area (Å²) in [6.07, 6.45) is 0. The van der Waals surface area contributed by atoms with Crippen molar-refractivity contribution in [2.75, 3.05) is 0 Å². The summed E-state index contributed by atoms with van der Waals surface area (Å²) in [7, 11) is -4.71. The van der Waals surface area contributed by atoms with Crippen molar-refractivity contribution >= 4 is 10.1 Å². The van der Waals surface area contributed by atoms with E-state index in [0.717, 1.165) is 5.56 Å². The van der Waals surface area contributed by atoms with Crippen molar-refractivity contribution < 1.29 is 47.6 Å². The largest absolute Gasteiger partial charge is 1.00 e. The number of aliphatic hydroxyl groups is 1. The molecule has 0 bridgehead atoms. The van der Waals surface area contributed by atoms with E-state index in [-0.39, 0.29) is 35.1 Å². The van der Waals surface area contributed by atoms with Gasteiger partial charge in [-0.3, -0.25) is 0 Å². The van der Waals surface area contributed by atoms with Gasteiger partial charge in [-0.05, 0) is 31.9 Å². The monoisotopic (exact) mass is 252 g/mol. The molecule has 0 fully saturated rings. The molecule has 0 aliphatic carbocycles. The van der Waals surface area contributed by atoms with E-state index in [9.17, 15) is 18.1 Å². The van der Waals surface area contributed by atoms with Crippen LogP contribution in [-0.4, -0.2) is 18.1 Å². The van der Waals surface area contributed by atoms with Crippen LogP contribution in [-0.2, 0) is 10.1 Å². The fourth-order valence-corrected chi connectivity index (χ4v) is 2.39. The molecule has 6 heteroatoms. The zero-order valence-corrected chi connectivity index (χ0v) is 12.6. The Kier molecular flexibility index (Phi) is 5.65. The summed E-state index contributed by atoms with van der Waals surface area (Å²) in [6, 6.07) is 3.47. The molecule has 1 aromatic rings. The summed E-state index contributed by atoms with van der Waals surface area (Å²) >= 11 is 0. The Hall–Kier alpha value is 0.0900. The standard InChI is InChI=1S/C10H14O4S.Na/c1-6-4-7(2)9(8(3)5-6)10(11)15(12,13)14;/h4-5,10-11H,1-3H3,(H,12,13,14);/q;+1/p-1. The van der Waals surface area contributed by atoms with Gasteiger partial charge >= 0.3 is 29.6 Å². The maximum absolute atomic E-state index is 10.7. The van der Waals surface area contributed by atoms with Crippen LogP contribution in [0.15, 0.2) is 12.1 Å². The molecule has 1 aromatic carbocycles. The summed E-state index contributed by atoms with van der Waals surface area (Å²) in [5.74, 6) is 0. The molecule has 16 heavy (non-hydrogen) atoms. The maximum atomic E-state index is 10.7. The van der Waals surface area contributed by atoms with E-state index in [2.05, 4.69) is 0 Å². The van der Waals surface area contributed by atoms with Gasteiger partial charge in [0.1, 0.15) is 10.1 Å². The van der Waals surface area contributed by atoms with Crippen LogP contribution >= 0.6 is 0 Å². The zero-order valence-electron chi connectivity index (χ0n) is 9.81. The molecular weight excluding hydrogens is 239 g/mol. The predicted octanol–water partition coefficient (Wildman–Crippen LogP) is -1.85. The first-order valence-corrected chi connectivity index (χ1v) is 5.91. The van der Waals surface area contributed by atoms with Crippen LogP contribution in [0.25, 0.3) is 0 Å². The molecule has 1 rings (SSSR count). The van der Waals surface area contributed by atoms with Crippen molar-refractivity contribution in [3.63, 3.8) is 0 Å².